The van der Waals surface area contributed by atoms with Crippen LogP contribution in [0.2, 0.25) is 0 Å². The summed E-state index contributed by atoms with van der Waals surface area (Å²) in [4.78, 5) is 26.9. The Labute approximate surface area is 190 Å². The van der Waals surface area contributed by atoms with Crippen LogP contribution in [0.15, 0.2) is 53.4 Å². The van der Waals surface area contributed by atoms with E-state index < -0.39 is 10.0 Å². The smallest absolute Gasteiger partial charge is 0.309 e. The second kappa shape index (κ2) is 10.2. The average Bonchev–Trinajstić information content (AvgIpc) is 2.80. The van der Waals surface area contributed by atoms with Crippen LogP contribution < -0.4 is 4.31 Å². The molecule has 172 valence electrons. The van der Waals surface area contributed by atoms with Gasteiger partial charge >= 0.3 is 5.97 Å². The van der Waals surface area contributed by atoms with Crippen LogP contribution in [0.3, 0.4) is 0 Å². The molecule has 0 aliphatic carbocycles. The number of anilines is 1. The minimum Gasteiger partial charge on any atom is -0.466 e. The molecule has 1 saturated heterocycles. The predicted octanol–water partition coefficient (Wildman–Crippen LogP) is 3.30. The third-order valence-electron chi connectivity index (χ3n) is 5.92. The van der Waals surface area contributed by atoms with Gasteiger partial charge in [-0.05, 0) is 62.9 Å². The van der Waals surface area contributed by atoms with Gasteiger partial charge in [-0.25, -0.2) is 8.42 Å². The van der Waals surface area contributed by atoms with Gasteiger partial charge in [0.25, 0.3) is 10.0 Å². The first kappa shape index (κ1) is 23.8. The van der Waals surface area contributed by atoms with Crippen molar-refractivity contribution in [1.82, 2.24) is 4.90 Å². The Morgan fingerprint density at radius 1 is 1.03 bits per heavy atom. The summed E-state index contributed by atoms with van der Waals surface area (Å²) >= 11 is 0. The molecule has 0 saturated carbocycles. The molecule has 8 heteroatoms. The molecular weight excluding hydrogens is 428 g/mol. The molecule has 0 unspecified atom stereocenters. The van der Waals surface area contributed by atoms with Gasteiger partial charge in [0.15, 0.2) is 0 Å². The van der Waals surface area contributed by atoms with Crippen molar-refractivity contribution in [1.29, 1.82) is 0 Å². The molecule has 2 aromatic carbocycles. The predicted molar refractivity (Wildman–Crippen MR) is 123 cm³/mol. The Morgan fingerprint density at radius 3 is 2.31 bits per heavy atom. The number of rotatable bonds is 7. The lowest BCUT2D eigenvalue weighted by molar-refractivity contribution is -0.151. The van der Waals surface area contributed by atoms with Crippen molar-refractivity contribution < 1.29 is 22.7 Å². The molecule has 3 rings (SSSR count). The number of carbonyl (C=O) groups excluding carboxylic acids is 2. The number of hydrogen-bond donors (Lipinski definition) is 0. The first-order valence-corrected chi connectivity index (χ1v) is 12.3. The summed E-state index contributed by atoms with van der Waals surface area (Å²) in [5.41, 5.74) is 2.24. The Bertz CT molecular complexity index is 1060. The van der Waals surface area contributed by atoms with Crippen molar-refractivity contribution in [3.05, 3.63) is 59.7 Å². The van der Waals surface area contributed by atoms with E-state index in [9.17, 15) is 18.0 Å². The molecule has 7 nitrogen and oxygen atoms in total. The second-order valence-electron chi connectivity index (χ2n) is 7.95. The van der Waals surface area contributed by atoms with E-state index >= 15 is 0 Å². The first-order valence-electron chi connectivity index (χ1n) is 10.8. The van der Waals surface area contributed by atoms with E-state index in [1.165, 1.54) is 16.4 Å². The van der Waals surface area contributed by atoms with E-state index in [2.05, 4.69) is 0 Å². The highest BCUT2D eigenvalue weighted by molar-refractivity contribution is 7.92. The molecule has 1 aliphatic heterocycles. The van der Waals surface area contributed by atoms with Crippen molar-refractivity contribution in [2.75, 3.05) is 30.5 Å². The number of benzene rings is 2. The number of likely N-dealkylation sites (tertiary alicyclic amines) is 1. The van der Waals surface area contributed by atoms with Crippen molar-refractivity contribution >= 4 is 27.6 Å². The van der Waals surface area contributed by atoms with Crippen LogP contribution in [0.1, 0.15) is 30.9 Å². The summed E-state index contributed by atoms with van der Waals surface area (Å²) in [5, 5.41) is 0. The first-order chi connectivity index (χ1) is 15.3. The van der Waals surface area contributed by atoms with E-state index in [4.69, 9.17) is 4.74 Å². The van der Waals surface area contributed by atoms with Crippen LogP contribution in [0.4, 0.5) is 5.69 Å². The summed E-state index contributed by atoms with van der Waals surface area (Å²) in [7, 11) is -3.95. The van der Waals surface area contributed by atoms with Crippen molar-refractivity contribution in [2.45, 2.75) is 38.5 Å². The summed E-state index contributed by atoms with van der Waals surface area (Å²) in [6.07, 6.45) is 1.03. The normalized spacial score (nSPS) is 14.8. The summed E-state index contributed by atoms with van der Waals surface area (Å²) in [6, 6.07) is 13.6. The highest BCUT2D eigenvalue weighted by Crippen LogP contribution is 2.29. The Balaban J connectivity index is 1.85. The second-order valence-corrected chi connectivity index (χ2v) is 9.81. The van der Waals surface area contributed by atoms with E-state index in [0.29, 0.717) is 38.2 Å². The summed E-state index contributed by atoms with van der Waals surface area (Å²) in [6.45, 7) is 6.36. The van der Waals surface area contributed by atoms with Crippen molar-refractivity contribution in [3.63, 3.8) is 0 Å². The molecular formula is C24H30N2O5S. The van der Waals surface area contributed by atoms with Crippen LogP contribution in [-0.2, 0) is 24.3 Å². The minimum absolute atomic E-state index is 0.134. The number of nitrogens with zero attached hydrogens (tertiary/aromatic N) is 2. The number of amides is 1. The van der Waals surface area contributed by atoms with Gasteiger partial charge in [0.1, 0.15) is 6.54 Å². The maximum absolute atomic E-state index is 13.5. The standard InChI is InChI=1S/C24H30N2O5S/c1-4-31-24(28)20-13-15-25(16-14-20)23(27)17-26(22-12-8-9-18(2)19(22)3)32(29,30)21-10-6-5-7-11-21/h5-12,20H,4,13-17H2,1-3H3. The van der Waals surface area contributed by atoms with Crippen LogP contribution in [0, 0.1) is 19.8 Å². The van der Waals surface area contributed by atoms with Gasteiger partial charge in [0.05, 0.1) is 23.1 Å². The lowest BCUT2D eigenvalue weighted by Crippen LogP contribution is -2.47. The topological polar surface area (TPSA) is 84.0 Å². The van der Waals surface area contributed by atoms with Gasteiger partial charge in [0, 0.05) is 13.1 Å². The molecule has 0 N–H and O–H groups in total. The zero-order chi connectivity index (χ0) is 23.3. The maximum Gasteiger partial charge on any atom is 0.309 e. The lowest BCUT2D eigenvalue weighted by Gasteiger charge is -2.33. The van der Waals surface area contributed by atoms with E-state index in [1.54, 1.807) is 42.2 Å². The Kier molecular flexibility index (Phi) is 7.56. The number of esters is 1. The molecule has 0 spiro atoms. The SMILES string of the molecule is CCOC(=O)C1CCN(C(=O)CN(c2cccc(C)c2C)S(=O)(=O)c2ccccc2)CC1. The molecule has 0 radical (unpaired) electrons. The quantitative estimate of drug-likeness (QED) is 0.595. The number of sulfonamides is 1. The number of piperidine rings is 1. The van der Waals surface area contributed by atoms with Crippen LogP contribution in [0.5, 0.6) is 0 Å². The van der Waals surface area contributed by atoms with Crippen LogP contribution >= 0.6 is 0 Å². The summed E-state index contributed by atoms with van der Waals surface area (Å²) < 4.78 is 33.3. The fourth-order valence-corrected chi connectivity index (χ4v) is 5.37. The zero-order valence-corrected chi connectivity index (χ0v) is 19.6. The minimum atomic E-state index is -3.95. The highest BCUT2D eigenvalue weighted by atomic mass is 32.2. The fourth-order valence-electron chi connectivity index (χ4n) is 3.87. The van der Waals surface area contributed by atoms with E-state index in [0.717, 1.165) is 11.1 Å². The highest BCUT2D eigenvalue weighted by Gasteiger charge is 2.33. The molecule has 0 atom stereocenters. The molecule has 1 fully saturated rings. The maximum atomic E-state index is 13.5. The van der Waals surface area contributed by atoms with Crippen molar-refractivity contribution in [2.24, 2.45) is 5.92 Å². The number of aryl methyl sites for hydroxylation is 1. The number of carbonyl (C=O) groups is 2. The number of hydrogen-bond acceptors (Lipinski definition) is 5. The fraction of sp³-hybridized carbons (Fsp3) is 0.417. The monoisotopic (exact) mass is 458 g/mol. The largest absolute Gasteiger partial charge is 0.466 e. The molecule has 1 heterocycles. The molecule has 1 amide bonds. The molecule has 1 aliphatic rings. The zero-order valence-electron chi connectivity index (χ0n) is 18.8. The van der Waals surface area contributed by atoms with Gasteiger partial charge in [0.2, 0.25) is 5.91 Å². The van der Waals surface area contributed by atoms with Gasteiger partial charge in [-0.1, -0.05) is 30.3 Å². The molecule has 32 heavy (non-hydrogen) atoms. The van der Waals surface area contributed by atoms with Gasteiger partial charge in [-0.15, -0.1) is 0 Å². The van der Waals surface area contributed by atoms with Crippen molar-refractivity contribution in [3.8, 4) is 0 Å². The average molecular weight is 459 g/mol. The molecule has 0 aromatic heterocycles. The lowest BCUT2D eigenvalue weighted by atomic mass is 9.97. The third kappa shape index (κ3) is 5.12. The Hall–Kier alpha value is -2.87. The molecule has 2 aromatic rings. The van der Waals surface area contributed by atoms with Gasteiger partial charge < -0.3 is 9.64 Å². The third-order valence-corrected chi connectivity index (χ3v) is 7.70. The van der Waals surface area contributed by atoms with Gasteiger partial charge in [-0.2, -0.15) is 0 Å². The Morgan fingerprint density at radius 2 is 1.69 bits per heavy atom. The van der Waals surface area contributed by atoms with E-state index in [-0.39, 0.29) is 29.2 Å². The van der Waals surface area contributed by atoms with Crippen LogP contribution in [0.25, 0.3) is 0 Å². The molecule has 0 bridgehead atoms. The van der Waals surface area contributed by atoms with E-state index in [1.807, 2.05) is 19.9 Å². The van der Waals surface area contributed by atoms with Crippen LogP contribution in [-0.4, -0.2) is 51.4 Å². The summed E-state index contributed by atoms with van der Waals surface area (Å²) in [5.74, 6) is -0.738. The van der Waals surface area contributed by atoms with Gasteiger partial charge in [-0.3, -0.25) is 13.9 Å². The number of ether oxygens (including phenoxy) is 1.